The maximum Gasteiger partial charge on any atom is 0.321 e. The summed E-state index contributed by atoms with van der Waals surface area (Å²) in [5.74, 6) is -2.76. The highest BCUT2D eigenvalue weighted by atomic mass is 32.2. The number of carbonyl (C=O) groups is 2. The molecule has 0 aliphatic heterocycles. The molecule has 21 heavy (non-hydrogen) atoms. The molecule has 0 bridgehead atoms. The number of carboxylic acid groups (broad SMARTS) is 2. The van der Waals surface area contributed by atoms with Crippen molar-refractivity contribution in [1.29, 1.82) is 5.26 Å². The molecule has 10 heteroatoms. The summed E-state index contributed by atoms with van der Waals surface area (Å²) in [5, 5.41) is 26.2. The summed E-state index contributed by atoms with van der Waals surface area (Å²) in [7, 11) is -4.30. The molecule has 1 unspecified atom stereocenters. The van der Waals surface area contributed by atoms with Gasteiger partial charge >= 0.3 is 11.9 Å². The molecular weight excluding hydrogens is 302 g/mol. The lowest BCUT2D eigenvalue weighted by Gasteiger charge is -2.14. The predicted octanol–water partition coefficient (Wildman–Crippen LogP) is -0.450. The van der Waals surface area contributed by atoms with Gasteiger partial charge in [0, 0.05) is 12.6 Å². The molecule has 0 saturated heterocycles. The van der Waals surface area contributed by atoms with Crippen LogP contribution >= 0.6 is 0 Å². The summed E-state index contributed by atoms with van der Waals surface area (Å²) >= 11 is 0. The summed E-state index contributed by atoms with van der Waals surface area (Å²) in [4.78, 5) is 24.5. The molecule has 0 saturated carbocycles. The van der Waals surface area contributed by atoms with Crippen LogP contribution in [-0.2, 0) is 19.6 Å². The molecule has 3 N–H and O–H groups in total. The number of nitriles is 1. The van der Waals surface area contributed by atoms with Crippen LogP contribution in [0.15, 0.2) is 23.2 Å². The van der Waals surface area contributed by atoms with Gasteiger partial charge in [-0.2, -0.15) is 9.98 Å². The first-order chi connectivity index (χ1) is 9.77. The van der Waals surface area contributed by atoms with E-state index in [0.29, 0.717) is 0 Å². The van der Waals surface area contributed by atoms with Crippen molar-refractivity contribution in [2.24, 2.45) is 0 Å². The van der Waals surface area contributed by atoms with E-state index in [1.54, 1.807) is 6.07 Å². The average molecular weight is 313 g/mol. The number of nitrogens with one attached hydrogen (secondary N) is 1. The van der Waals surface area contributed by atoms with Crippen molar-refractivity contribution >= 4 is 22.0 Å². The van der Waals surface area contributed by atoms with Crippen LogP contribution in [0.5, 0.6) is 0 Å². The van der Waals surface area contributed by atoms with Gasteiger partial charge in [0.15, 0.2) is 5.69 Å². The second-order valence-corrected chi connectivity index (χ2v) is 5.59. The van der Waals surface area contributed by atoms with E-state index in [0.717, 1.165) is 6.07 Å². The number of pyridine rings is 1. The summed E-state index contributed by atoms with van der Waals surface area (Å²) in [6, 6.07) is 2.35. The van der Waals surface area contributed by atoms with Gasteiger partial charge < -0.3 is 10.2 Å². The molecule has 1 aromatic rings. The van der Waals surface area contributed by atoms with Crippen LogP contribution in [0.3, 0.4) is 0 Å². The van der Waals surface area contributed by atoms with E-state index in [4.69, 9.17) is 15.5 Å². The lowest BCUT2D eigenvalue weighted by Crippen LogP contribution is -2.41. The lowest BCUT2D eigenvalue weighted by atomic mass is 10.2. The van der Waals surface area contributed by atoms with Gasteiger partial charge in [-0.1, -0.05) is 0 Å². The summed E-state index contributed by atoms with van der Waals surface area (Å²) in [6.07, 6.45) is 0.278. The molecule has 1 atom stereocenters. The fourth-order valence-electron chi connectivity index (χ4n) is 1.44. The van der Waals surface area contributed by atoms with Gasteiger partial charge in [0.2, 0.25) is 10.0 Å². The Morgan fingerprint density at radius 1 is 1.43 bits per heavy atom. The Bertz CT molecular complexity index is 694. The Kier molecular flexibility index (Phi) is 5.34. The number of rotatable bonds is 7. The number of hydrogen-bond donors (Lipinski definition) is 3. The van der Waals surface area contributed by atoms with Crippen LogP contribution < -0.4 is 4.72 Å². The third kappa shape index (κ3) is 4.51. The standard InChI is InChI=1S/C11H11N3O6S/c12-6-8-9(2-1-5-13-8)21(19,20)14-7(11(17)18)3-4-10(15)16/h1-2,5,7,14H,3-4H2,(H,15,16)(H,17,18). The monoisotopic (exact) mass is 313 g/mol. The lowest BCUT2D eigenvalue weighted by molar-refractivity contribution is -0.140. The largest absolute Gasteiger partial charge is 0.481 e. The Hall–Kier alpha value is -2.51. The molecule has 9 nitrogen and oxygen atoms in total. The molecule has 0 aliphatic carbocycles. The summed E-state index contributed by atoms with van der Waals surface area (Å²) in [6.45, 7) is 0. The van der Waals surface area contributed by atoms with Gasteiger partial charge in [0.25, 0.3) is 0 Å². The van der Waals surface area contributed by atoms with Crippen LogP contribution in [0.4, 0.5) is 0 Å². The zero-order chi connectivity index (χ0) is 16.0. The van der Waals surface area contributed by atoms with Crippen molar-refractivity contribution in [3.05, 3.63) is 24.0 Å². The first-order valence-corrected chi connectivity index (χ1v) is 7.08. The van der Waals surface area contributed by atoms with Crippen molar-refractivity contribution in [3.63, 3.8) is 0 Å². The smallest absolute Gasteiger partial charge is 0.321 e. The SMILES string of the molecule is N#Cc1ncccc1S(=O)(=O)NC(CCC(=O)O)C(=O)O. The number of sulfonamides is 1. The normalized spacial score (nSPS) is 12.3. The minimum absolute atomic E-state index is 0.382. The number of nitrogens with zero attached hydrogens (tertiary/aromatic N) is 2. The Morgan fingerprint density at radius 2 is 2.10 bits per heavy atom. The van der Waals surface area contributed by atoms with Crippen molar-refractivity contribution in [3.8, 4) is 6.07 Å². The maximum absolute atomic E-state index is 12.1. The minimum Gasteiger partial charge on any atom is -0.481 e. The minimum atomic E-state index is -4.30. The van der Waals surface area contributed by atoms with E-state index < -0.39 is 45.7 Å². The molecule has 0 amide bonds. The Balaban J connectivity index is 3.04. The topological polar surface area (TPSA) is 157 Å². The van der Waals surface area contributed by atoms with Crippen LogP contribution in [0.2, 0.25) is 0 Å². The summed E-state index contributed by atoms with van der Waals surface area (Å²) in [5.41, 5.74) is -0.382. The second kappa shape index (κ2) is 6.78. The second-order valence-electron chi connectivity index (χ2n) is 3.91. The maximum atomic E-state index is 12.1. The van der Waals surface area contributed by atoms with E-state index in [-0.39, 0.29) is 5.69 Å². The molecular formula is C11H11N3O6S. The zero-order valence-electron chi connectivity index (χ0n) is 10.6. The van der Waals surface area contributed by atoms with Crippen molar-refractivity contribution in [2.45, 2.75) is 23.8 Å². The van der Waals surface area contributed by atoms with Crippen LogP contribution in [0, 0.1) is 11.3 Å². The molecule has 0 aromatic carbocycles. The third-order valence-corrected chi connectivity index (χ3v) is 3.91. The van der Waals surface area contributed by atoms with Crippen LogP contribution in [0.1, 0.15) is 18.5 Å². The molecule has 0 aliphatic rings. The Morgan fingerprint density at radius 3 is 2.62 bits per heavy atom. The van der Waals surface area contributed by atoms with E-state index in [1.165, 1.54) is 12.3 Å². The quantitative estimate of drug-likeness (QED) is 0.610. The fourth-order valence-corrected chi connectivity index (χ4v) is 2.77. The van der Waals surface area contributed by atoms with Crippen molar-refractivity contribution in [1.82, 2.24) is 9.71 Å². The first kappa shape index (κ1) is 16.5. The van der Waals surface area contributed by atoms with Gasteiger partial charge in [0.1, 0.15) is 17.0 Å². The van der Waals surface area contributed by atoms with Crippen LogP contribution in [-0.4, -0.2) is 41.6 Å². The number of aliphatic carboxylic acids is 2. The molecule has 0 spiro atoms. The Labute approximate surface area is 119 Å². The predicted molar refractivity (Wildman–Crippen MR) is 67.6 cm³/mol. The van der Waals surface area contributed by atoms with Gasteiger partial charge in [-0.3, -0.25) is 9.59 Å². The van der Waals surface area contributed by atoms with Gasteiger partial charge in [-0.05, 0) is 18.6 Å². The molecule has 0 radical (unpaired) electrons. The van der Waals surface area contributed by atoms with Crippen LogP contribution in [0.25, 0.3) is 0 Å². The molecule has 0 fully saturated rings. The third-order valence-electron chi connectivity index (χ3n) is 2.41. The highest BCUT2D eigenvalue weighted by Gasteiger charge is 2.27. The number of hydrogen-bond acceptors (Lipinski definition) is 6. The van der Waals surface area contributed by atoms with Gasteiger partial charge in [-0.15, -0.1) is 0 Å². The average Bonchev–Trinajstić information content (AvgIpc) is 2.42. The highest BCUT2D eigenvalue weighted by molar-refractivity contribution is 7.89. The molecule has 1 heterocycles. The van der Waals surface area contributed by atoms with Crippen molar-refractivity contribution in [2.75, 3.05) is 0 Å². The van der Waals surface area contributed by atoms with E-state index in [2.05, 4.69) is 4.98 Å². The summed E-state index contributed by atoms with van der Waals surface area (Å²) < 4.78 is 26.0. The number of carboxylic acids is 2. The van der Waals surface area contributed by atoms with E-state index in [1.807, 2.05) is 4.72 Å². The van der Waals surface area contributed by atoms with Gasteiger partial charge in [-0.25, -0.2) is 13.4 Å². The highest BCUT2D eigenvalue weighted by Crippen LogP contribution is 2.13. The fraction of sp³-hybridized carbons (Fsp3) is 0.273. The number of aromatic nitrogens is 1. The van der Waals surface area contributed by atoms with Gasteiger partial charge in [0.05, 0.1) is 0 Å². The van der Waals surface area contributed by atoms with E-state index in [9.17, 15) is 18.0 Å². The zero-order valence-corrected chi connectivity index (χ0v) is 11.4. The van der Waals surface area contributed by atoms with Crippen molar-refractivity contribution < 1.29 is 28.2 Å². The van der Waals surface area contributed by atoms with E-state index >= 15 is 0 Å². The first-order valence-electron chi connectivity index (χ1n) is 5.60. The molecule has 112 valence electrons. The molecule has 1 rings (SSSR count). The molecule has 1 aromatic heterocycles.